The predicted octanol–water partition coefficient (Wildman–Crippen LogP) is 3.68. The summed E-state index contributed by atoms with van der Waals surface area (Å²) >= 11 is 3.40. The number of hydrogen-bond acceptors (Lipinski definition) is 3. The average Bonchev–Trinajstić information content (AvgIpc) is 2.90. The molecule has 2 aromatic rings. The Kier molecular flexibility index (Phi) is 4.12. The number of carbonyl (C=O) groups excluding carboxylic acids is 2. The minimum Gasteiger partial charge on any atom is -0.450 e. The molecule has 1 saturated heterocycles. The highest BCUT2D eigenvalue weighted by Crippen LogP contribution is 2.43. The van der Waals surface area contributed by atoms with Crippen LogP contribution in [-0.4, -0.2) is 29.9 Å². The molecule has 0 atom stereocenters. The van der Waals surface area contributed by atoms with Crippen LogP contribution in [0.15, 0.2) is 53.0 Å². The van der Waals surface area contributed by atoms with Gasteiger partial charge in [0.2, 0.25) is 5.91 Å². The van der Waals surface area contributed by atoms with Gasteiger partial charge in [0.25, 0.3) is 0 Å². The van der Waals surface area contributed by atoms with Crippen LogP contribution in [-0.2, 0) is 21.6 Å². The van der Waals surface area contributed by atoms with E-state index in [1.54, 1.807) is 0 Å². The maximum atomic E-state index is 12.6. The van der Waals surface area contributed by atoms with Gasteiger partial charge in [0, 0.05) is 36.0 Å². The summed E-state index contributed by atoms with van der Waals surface area (Å²) < 4.78 is 6.74. The summed E-state index contributed by atoms with van der Waals surface area (Å²) in [4.78, 5) is 26.6. The summed E-state index contributed by atoms with van der Waals surface area (Å²) in [6, 6.07) is 15.4. The van der Waals surface area contributed by atoms with Crippen molar-refractivity contribution in [1.29, 1.82) is 0 Å². The smallest absolute Gasteiger partial charge is 0.339 e. The SMILES string of the molecule is O=C1OC2(CCN(C(=O)Cc3ccc(Br)cc3)CC2)c2ccccc21. The number of likely N-dealkylation sites (tertiary alicyclic amines) is 1. The zero-order valence-electron chi connectivity index (χ0n) is 13.7. The van der Waals surface area contributed by atoms with E-state index in [2.05, 4.69) is 15.9 Å². The maximum absolute atomic E-state index is 12.6. The fraction of sp³-hybridized carbons (Fsp3) is 0.300. The maximum Gasteiger partial charge on any atom is 0.339 e. The lowest BCUT2D eigenvalue weighted by Crippen LogP contribution is -2.45. The molecule has 4 nitrogen and oxygen atoms in total. The molecule has 2 aliphatic rings. The topological polar surface area (TPSA) is 46.6 Å². The second-order valence-electron chi connectivity index (χ2n) is 6.61. The van der Waals surface area contributed by atoms with Crippen molar-refractivity contribution in [2.45, 2.75) is 24.9 Å². The molecule has 0 radical (unpaired) electrons. The number of amides is 1. The highest BCUT2D eigenvalue weighted by molar-refractivity contribution is 9.10. The Morgan fingerprint density at radius 3 is 2.48 bits per heavy atom. The van der Waals surface area contributed by atoms with Gasteiger partial charge in [-0.15, -0.1) is 0 Å². The summed E-state index contributed by atoms with van der Waals surface area (Å²) in [6.07, 6.45) is 1.71. The van der Waals surface area contributed by atoms with E-state index in [4.69, 9.17) is 4.74 Å². The molecule has 0 aromatic heterocycles. The number of halogens is 1. The lowest BCUT2D eigenvalue weighted by Gasteiger charge is -2.38. The Morgan fingerprint density at radius 1 is 1.08 bits per heavy atom. The van der Waals surface area contributed by atoms with E-state index in [1.165, 1.54) is 0 Å². The highest BCUT2D eigenvalue weighted by atomic mass is 79.9. The quantitative estimate of drug-likeness (QED) is 0.723. The van der Waals surface area contributed by atoms with Crippen LogP contribution in [0.25, 0.3) is 0 Å². The monoisotopic (exact) mass is 399 g/mol. The van der Waals surface area contributed by atoms with Gasteiger partial charge in [-0.05, 0) is 23.8 Å². The summed E-state index contributed by atoms with van der Waals surface area (Å²) in [7, 11) is 0. The van der Waals surface area contributed by atoms with E-state index >= 15 is 0 Å². The van der Waals surface area contributed by atoms with E-state index in [-0.39, 0.29) is 11.9 Å². The van der Waals surface area contributed by atoms with Gasteiger partial charge in [-0.1, -0.05) is 46.3 Å². The van der Waals surface area contributed by atoms with Gasteiger partial charge < -0.3 is 9.64 Å². The summed E-state index contributed by atoms with van der Waals surface area (Å²) in [5.74, 6) is -0.125. The minimum absolute atomic E-state index is 0.120. The highest BCUT2D eigenvalue weighted by Gasteiger charge is 2.47. The standard InChI is InChI=1S/C20H18BrNO3/c21-15-7-5-14(6-8-15)13-18(23)22-11-9-20(10-12-22)17-4-2-1-3-16(17)19(24)25-20/h1-8H,9-13H2. The van der Waals surface area contributed by atoms with Crippen LogP contribution in [0.5, 0.6) is 0 Å². The molecular weight excluding hydrogens is 382 g/mol. The lowest BCUT2D eigenvalue weighted by molar-refractivity contribution is -0.134. The Labute approximate surface area is 154 Å². The number of piperidine rings is 1. The molecule has 4 rings (SSSR count). The molecule has 0 bridgehead atoms. The number of carbonyl (C=O) groups is 2. The Hall–Kier alpha value is -2.14. The van der Waals surface area contributed by atoms with Crippen LogP contribution < -0.4 is 0 Å². The van der Waals surface area contributed by atoms with Crippen LogP contribution in [0, 0.1) is 0 Å². The molecule has 0 saturated carbocycles. The third-order valence-electron chi connectivity index (χ3n) is 5.12. The largest absolute Gasteiger partial charge is 0.450 e. The average molecular weight is 400 g/mol. The summed E-state index contributed by atoms with van der Waals surface area (Å²) in [5.41, 5.74) is 2.09. The van der Waals surface area contributed by atoms with Crippen molar-refractivity contribution in [3.8, 4) is 0 Å². The predicted molar refractivity (Wildman–Crippen MR) is 97.2 cm³/mol. The van der Waals surface area contributed by atoms with Crippen LogP contribution in [0.1, 0.15) is 34.3 Å². The number of fused-ring (bicyclic) bond motifs is 2. The van der Waals surface area contributed by atoms with Crippen LogP contribution in [0.2, 0.25) is 0 Å². The first kappa shape index (κ1) is 16.3. The summed E-state index contributed by atoms with van der Waals surface area (Å²) in [6.45, 7) is 1.22. The third kappa shape index (κ3) is 2.97. The van der Waals surface area contributed by atoms with Gasteiger partial charge in [-0.3, -0.25) is 4.79 Å². The molecule has 1 spiro atoms. The first-order chi connectivity index (χ1) is 12.1. The van der Waals surface area contributed by atoms with E-state index < -0.39 is 5.60 Å². The molecule has 25 heavy (non-hydrogen) atoms. The molecular formula is C20H18BrNO3. The number of hydrogen-bond donors (Lipinski definition) is 0. The van der Waals surface area contributed by atoms with Crippen LogP contribution >= 0.6 is 15.9 Å². The molecule has 1 amide bonds. The van der Waals surface area contributed by atoms with E-state index in [9.17, 15) is 9.59 Å². The molecule has 2 aliphatic heterocycles. The van der Waals surface area contributed by atoms with E-state index in [0.717, 1.165) is 15.6 Å². The van der Waals surface area contributed by atoms with Crippen molar-refractivity contribution in [1.82, 2.24) is 4.90 Å². The van der Waals surface area contributed by atoms with Gasteiger partial charge in [0.05, 0.1) is 12.0 Å². The van der Waals surface area contributed by atoms with Crippen molar-refractivity contribution in [3.05, 3.63) is 69.7 Å². The first-order valence-electron chi connectivity index (χ1n) is 8.42. The van der Waals surface area contributed by atoms with E-state index in [1.807, 2.05) is 53.4 Å². The molecule has 0 unspecified atom stereocenters. The Balaban J connectivity index is 1.44. The third-order valence-corrected chi connectivity index (χ3v) is 5.65. The lowest BCUT2D eigenvalue weighted by atomic mass is 9.83. The fourth-order valence-electron chi connectivity index (χ4n) is 3.72. The van der Waals surface area contributed by atoms with Crippen molar-refractivity contribution in [2.75, 3.05) is 13.1 Å². The fourth-order valence-corrected chi connectivity index (χ4v) is 3.99. The normalized spacial score (nSPS) is 18.1. The summed E-state index contributed by atoms with van der Waals surface area (Å²) in [5, 5.41) is 0. The zero-order valence-corrected chi connectivity index (χ0v) is 15.3. The van der Waals surface area contributed by atoms with Crippen LogP contribution in [0.3, 0.4) is 0 Å². The van der Waals surface area contributed by atoms with Crippen molar-refractivity contribution >= 4 is 27.8 Å². The van der Waals surface area contributed by atoms with E-state index in [0.29, 0.717) is 37.9 Å². The second-order valence-corrected chi connectivity index (χ2v) is 7.53. The molecule has 1 fully saturated rings. The number of nitrogens with zero attached hydrogens (tertiary/aromatic N) is 1. The first-order valence-corrected chi connectivity index (χ1v) is 9.22. The Morgan fingerprint density at radius 2 is 1.76 bits per heavy atom. The van der Waals surface area contributed by atoms with Gasteiger partial charge in [-0.25, -0.2) is 4.79 Å². The Bertz CT molecular complexity index is 823. The number of rotatable bonds is 2. The number of ether oxygens (including phenoxy) is 1. The molecule has 5 heteroatoms. The van der Waals surface area contributed by atoms with Gasteiger partial charge in [0.1, 0.15) is 5.60 Å². The minimum atomic E-state index is -0.554. The van der Waals surface area contributed by atoms with Gasteiger partial charge >= 0.3 is 5.97 Å². The molecule has 0 aliphatic carbocycles. The molecule has 128 valence electrons. The molecule has 2 heterocycles. The number of benzene rings is 2. The van der Waals surface area contributed by atoms with Crippen molar-refractivity contribution in [2.24, 2.45) is 0 Å². The van der Waals surface area contributed by atoms with Crippen LogP contribution in [0.4, 0.5) is 0 Å². The zero-order chi connectivity index (χ0) is 17.4. The van der Waals surface area contributed by atoms with Crippen molar-refractivity contribution in [3.63, 3.8) is 0 Å². The van der Waals surface area contributed by atoms with Gasteiger partial charge in [-0.2, -0.15) is 0 Å². The molecule has 0 N–H and O–H groups in total. The number of esters is 1. The van der Waals surface area contributed by atoms with Gasteiger partial charge in [0.15, 0.2) is 0 Å². The van der Waals surface area contributed by atoms with Crippen molar-refractivity contribution < 1.29 is 14.3 Å². The molecule has 2 aromatic carbocycles. The second kappa shape index (κ2) is 6.30.